The van der Waals surface area contributed by atoms with E-state index in [1.807, 2.05) is 127 Å². The number of nitrogens with zero attached hydrogens (tertiary/aromatic N) is 4. The molecule has 1 saturated heterocycles. The molecule has 0 aromatic heterocycles. The molecule has 2 rings (SSSR count). The van der Waals surface area contributed by atoms with Gasteiger partial charge in [0.2, 0.25) is 0 Å². The lowest BCUT2D eigenvalue weighted by atomic mass is 10.1. The third-order valence-electron chi connectivity index (χ3n) is 7.61. The van der Waals surface area contributed by atoms with Crippen LogP contribution >= 0.6 is 0 Å². The van der Waals surface area contributed by atoms with Crippen molar-refractivity contribution in [1.29, 1.82) is 0 Å². The molecule has 1 atom stereocenters. The highest BCUT2D eigenvalue weighted by atomic mass is 16.6. The van der Waals surface area contributed by atoms with Crippen LogP contribution in [0.15, 0.2) is 24.3 Å². The minimum Gasteiger partial charge on any atom is -0.481 e. The molecule has 54 heavy (non-hydrogen) atoms. The monoisotopic (exact) mass is 758 g/mol. The number of hydrogen-bond donors (Lipinski definition) is 0. The molecular weight excluding hydrogens is 692 g/mol. The Labute approximate surface area is 323 Å². The highest BCUT2D eigenvalue weighted by Gasteiger charge is 2.33. The van der Waals surface area contributed by atoms with Crippen molar-refractivity contribution >= 4 is 23.9 Å². The lowest BCUT2D eigenvalue weighted by Crippen LogP contribution is -2.54. The number of benzene rings is 1. The number of terminal acetylenes is 1. The van der Waals surface area contributed by atoms with Crippen LogP contribution in [0.1, 0.15) is 88.6 Å². The lowest BCUT2D eigenvalue weighted by Gasteiger charge is -2.37. The first-order valence-corrected chi connectivity index (χ1v) is 18.7. The molecule has 13 heteroatoms. The third-order valence-corrected chi connectivity index (χ3v) is 7.61. The van der Waals surface area contributed by atoms with Crippen LogP contribution in [-0.2, 0) is 44.7 Å². The van der Waals surface area contributed by atoms with E-state index in [-0.39, 0.29) is 44.8 Å². The minimum absolute atomic E-state index is 0.0144. The third kappa shape index (κ3) is 20.7. The maximum atomic E-state index is 13.5. The largest absolute Gasteiger partial charge is 0.481 e. The molecule has 0 aliphatic carbocycles. The molecule has 1 aliphatic heterocycles. The van der Waals surface area contributed by atoms with Crippen molar-refractivity contribution in [1.82, 2.24) is 19.6 Å². The quantitative estimate of drug-likeness (QED) is 0.153. The Kier molecular flexibility index (Phi) is 17.4. The summed E-state index contributed by atoms with van der Waals surface area (Å²) in [6, 6.07) is 7.11. The van der Waals surface area contributed by atoms with E-state index in [4.69, 9.17) is 30.1 Å². The summed E-state index contributed by atoms with van der Waals surface area (Å²) in [5, 5.41) is 0. The predicted molar refractivity (Wildman–Crippen MR) is 208 cm³/mol. The van der Waals surface area contributed by atoms with Gasteiger partial charge < -0.3 is 23.7 Å². The first-order valence-electron chi connectivity index (χ1n) is 18.7. The molecule has 0 N–H and O–H groups in total. The van der Waals surface area contributed by atoms with Crippen molar-refractivity contribution in [2.45, 2.75) is 118 Å². The van der Waals surface area contributed by atoms with Crippen LogP contribution in [0.25, 0.3) is 0 Å². The van der Waals surface area contributed by atoms with E-state index in [0.717, 1.165) is 5.56 Å². The second-order valence-corrected chi connectivity index (χ2v) is 17.8. The van der Waals surface area contributed by atoms with E-state index in [9.17, 15) is 19.2 Å². The Hall–Kier alpha value is -3.70. The van der Waals surface area contributed by atoms with E-state index >= 15 is 0 Å². The van der Waals surface area contributed by atoms with E-state index in [1.165, 1.54) is 0 Å². The molecular formula is C41H66N4O9. The standard InChI is InChI=1S/C41H66N4O9/c1-14-23-50-33-17-15-31(16-18-33)24-44(29-36(48)53-40(8,9)10)26-32-25-43(28-35(47)52-39(5,6)7)20-19-42(27-34(46)51-38(2,3)4)21-22-45(32)30-37(49)54-41(11,12)13/h1,15-18,32H,19-30H2,2-13H3. The molecule has 0 spiro atoms. The van der Waals surface area contributed by atoms with E-state index in [1.54, 1.807) is 0 Å². The first kappa shape index (κ1) is 46.5. The van der Waals surface area contributed by atoms with Gasteiger partial charge in [0, 0.05) is 51.9 Å². The Bertz CT molecular complexity index is 1410. The van der Waals surface area contributed by atoms with Gasteiger partial charge >= 0.3 is 23.9 Å². The summed E-state index contributed by atoms with van der Waals surface area (Å²) in [5.41, 5.74) is -1.83. The summed E-state index contributed by atoms with van der Waals surface area (Å²) < 4.78 is 28.4. The van der Waals surface area contributed by atoms with Crippen LogP contribution in [-0.4, -0.2) is 144 Å². The molecule has 1 aliphatic rings. The second kappa shape index (κ2) is 20.3. The SMILES string of the molecule is C#CCOc1ccc(CN(CC(=O)OC(C)(C)C)CC2CN(CC(=O)OC(C)(C)C)CCN(CC(=O)OC(C)(C)C)CCN2CC(=O)OC(C)(C)C)cc1. The average Bonchev–Trinajstić information content (AvgIpc) is 3.03. The van der Waals surface area contributed by atoms with Crippen LogP contribution in [0.5, 0.6) is 5.75 Å². The summed E-state index contributed by atoms with van der Waals surface area (Å²) in [7, 11) is 0. The van der Waals surface area contributed by atoms with Gasteiger partial charge in [0.15, 0.2) is 0 Å². The van der Waals surface area contributed by atoms with Crippen molar-refractivity contribution < 1.29 is 42.9 Å². The van der Waals surface area contributed by atoms with Crippen LogP contribution in [0.2, 0.25) is 0 Å². The maximum Gasteiger partial charge on any atom is 0.320 e. The molecule has 1 aromatic rings. The van der Waals surface area contributed by atoms with Crippen LogP contribution in [0.4, 0.5) is 0 Å². The van der Waals surface area contributed by atoms with Gasteiger partial charge in [0.25, 0.3) is 0 Å². The zero-order valence-corrected chi connectivity index (χ0v) is 34.9. The Morgan fingerprint density at radius 2 is 1.11 bits per heavy atom. The molecule has 13 nitrogen and oxygen atoms in total. The van der Waals surface area contributed by atoms with Crippen molar-refractivity contribution in [2.24, 2.45) is 0 Å². The topological polar surface area (TPSA) is 127 Å². The molecule has 1 unspecified atom stereocenters. The first-order chi connectivity index (χ1) is 24.8. The Balaban J connectivity index is 2.57. The van der Waals surface area contributed by atoms with Crippen molar-refractivity contribution in [2.75, 3.05) is 72.1 Å². The fourth-order valence-corrected chi connectivity index (χ4v) is 5.80. The second-order valence-electron chi connectivity index (χ2n) is 17.8. The van der Waals surface area contributed by atoms with Gasteiger partial charge in [0.1, 0.15) is 34.8 Å². The number of carbonyl (C=O) groups is 4. The van der Waals surface area contributed by atoms with Crippen LogP contribution < -0.4 is 4.74 Å². The molecule has 0 bridgehead atoms. The number of esters is 4. The van der Waals surface area contributed by atoms with Gasteiger partial charge in [-0.1, -0.05) is 18.1 Å². The van der Waals surface area contributed by atoms with E-state index < -0.39 is 40.3 Å². The zero-order valence-electron chi connectivity index (χ0n) is 34.9. The van der Waals surface area contributed by atoms with E-state index in [2.05, 4.69) is 5.92 Å². The normalized spacial score (nSPS) is 17.1. The lowest BCUT2D eigenvalue weighted by molar-refractivity contribution is -0.159. The fraction of sp³-hybridized carbons (Fsp3) is 0.707. The van der Waals surface area contributed by atoms with E-state index in [0.29, 0.717) is 51.6 Å². The smallest absolute Gasteiger partial charge is 0.320 e. The molecule has 1 heterocycles. The summed E-state index contributed by atoms with van der Waals surface area (Å²) in [6.45, 7) is 24.7. The molecule has 0 saturated carbocycles. The number of rotatable bonds is 14. The predicted octanol–water partition coefficient (Wildman–Crippen LogP) is 4.16. The number of carbonyl (C=O) groups excluding carboxylic acids is 4. The van der Waals surface area contributed by atoms with Crippen LogP contribution in [0.3, 0.4) is 0 Å². The van der Waals surface area contributed by atoms with Gasteiger partial charge in [-0.25, -0.2) is 0 Å². The summed E-state index contributed by atoms with van der Waals surface area (Å²) in [6.07, 6.45) is 5.36. The fourth-order valence-electron chi connectivity index (χ4n) is 5.80. The van der Waals surface area contributed by atoms with Crippen molar-refractivity contribution in [3.8, 4) is 18.1 Å². The van der Waals surface area contributed by atoms with Crippen molar-refractivity contribution in [3.05, 3.63) is 29.8 Å². The zero-order chi connectivity index (χ0) is 40.9. The van der Waals surface area contributed by atoms with Crippen LogP contribution in [0, 0.1) is 12.3 Å². The summed E-state index contributed by atoms with van der Waals surface area (Å²) in [5.74, 6) is 1.52. The highest BCUT2D eigenvalue weighted by molar-refractivity contribution is 5.73. The number of hydrogen-bond acceptors (Lipinski definition) is 13. The van der Waals surface area contributed by atoms with Gasteiger partial charge in [-0.2, -0.15) is 0 Å². The van der Waals surface area contributed by atoms with Crippen molar-refractivity contribution in [3.63, 3.8) is 0 Å². The summed E-state index contributed by atoms with van der Waals surface area (Å²) in [4.78, 5) is 61.0. The maximum absolute atomic E-state index is 13.5. The Morgan fingerprint density at radius 3 is 1.61 bits per heavy atom. The molecule has 0 radical (unpaired) electrons. The summed E-state index contributed by atoms with van der Waals surface area (Å²) >= 11 is 0. The molecule has 1 fully saturated rings. The number of ether oxygens (including phenoxy) is 5. The Morgan fingerprint density at radius 1 is 0.667 bits per heavy atom. The molecule has 304 valence electrons. The minimum atomic E-state index is -0.712. The molecule has 1 aromatic carbocycles. The molecule has 0 amide bonds. The average molecular weight is 759 g/mol. The van der Waals surface area contributed by atoms with Gasteiger partial charge in [-0.05, 0) is 101 Å². The van der Waals surface area contributed by atoms with Gasteiger partial charge in [0.05, 0.1) is 26.2 Å². The highest BCUT2D eigenvalue weighted by Crippen LogP contribution is 2.19. The van der Waals surface area contributed by atoms with Gasteiger partial charge in [-0.3, -0.25) is 38.8 Å². The van der Waals surface area contributed by atoms with Gasteiger partial charge in [-0.15, -0.1) is 6.42 Å².